The summed E-state index contributed by atoms with van der Waals surface area (Å²) in [6.07, 6.45) is -0.0620. The van der Waals surface area contributed by atoms with Crippen LogP contribution in [0, 0.1) is 5.92 Å². The Morgan fingerprint density at radius 3 is 2.29 bits per heavy atom. The van der Waals surface area contributed by atoms with Gasteiger partial charge in [0.1, 0.15) is 10.6 Å². The van der Waals surface area contributed by atoms with Gasteiger partial charge in [-0.3, -0.25) is 0 Å². The molecule has 1 unspecified atom stereocenters. The Balaban J connectivity index is 3.12. The van der Waals surface area contributed by atoms with Gasteiger partial charge < -0.3 is 10.5 Å². The molecule has 0 aliphatic heterocycles. The maximum absolute atomic E-state index is 11.3. The lowest BCUT2D eigenvalue weighted by Gasteiger charge is -2.19. The van der Waals surface area contributed by atoms with Crippen LogP contribution in [-0.2, 0) is 10.0 Å². The fourth-order valence-electron chi connectivity index (χ4n) is 1.21. The number of hydrogen-bond donors (Lipinski definition) is 2. The van der Waals surface area contributed by atoms with E-state index in [9.17, 15) is 8.42 Å². The SMILES string of the molecule is CC(C)C(C)Oc1cccc(S(N)(=O)=O)c1N. The first kappa shape index (κ1) is 13.8. The molecule has 0 fully saturated rings. The molecule has 6 heteroatoms. The van der Waals surface area contributed by atoms with Crippen LogP contribution in [0.25, 0.3) is 0 Å². The number of anilines is 1. The summed E-state index contributed by atoms with van der Waals surface area (Å²) in [5.41, 5.74) is 5.79. The Hall–Kier alpha value is -1.27. The second-order valence-corrected chi connectivity index (χ2v) is 5.81. The van der Waals surface area contributed by atoms with Crippen LogP contribution in [0.5, 0.6) is 5.75 Å². The molecule has 0 saturated heterocycles. The lowest BCUT2D eigenvalue weighted by Crippen LogP contribution is -2.20. The minimum atomic E-state index is -3.82. The monoisotopic (exact) mass is 258 g/mol. The molecule has 0 aliphatic rings. The average molecular weight is 258 g/mol. The van der Waals surface area contributed by atoms with Crippen LogP contribution in [-0.4, -0.2) is 14.5 Å². The molecule has 0 aromatic heterocycles. The number of nitrogens with two attached hydrogens (primary N) is 2. The topological polar surface area (TPSA) is 95.4 Å². The van der Waals surface area contributed by atoms with Crippen molar-refractivity contribution in [1.29, 1.82) is 0 Å². The van der Waals surface area contributed by atoms with Crippen LogP contribution in [0.4, 0.5) is 5.69 Å². The normalized spacial score (nSPS) is 13.7. The van der Waals surface area contributed by atoms with Crippen LogP contribution in [0.1, 0.15) is 20.8 Å². The highest BCUT2D eigenvalue weighted by molar-refractivity contribution is 7.89. The van der Waals surface area contributed by atoms with Crippen molar-refractivity contribution in [2.75, 3.05) is 5.73 Å². The summed E-state index contributed by atoms with van der Waals surface area (Å²) < 4.78 is 28.1. The zero-order valence-corrected chi connectivity index (χ0v) is 11.0. The fraction of sp³-hybridized carbons (Fsp3) is 0.455. The van der Waals surface area contributed by atoms with Crippen molar-refractivity contribution in [3.8, 4) is 5.75 Å². The lowest BCUT2D eigenvalue weighted by molar-refractivity contribution is 0.171. The van der Waals surface area contributed by atoms with E-state index in [1.807, 2.05) is 20.8 Å². The minimum absolute atomic E-state index is 0.0579. The lowest BCUT2D eigenvalue weighted by atomic mass is 10.1. The van der Waals surface area contributed by atoms with Crippen LogP contribution >= 0.6 is 0 Å². The van der Waals surface area contributed by atoms with E-state index in [4.69, 9.17) is 15.6 Å². The van der Waals surface area contributed by atoms with E-state index in [2.05, 4.69) is 0 Å². The van der Waals surface area contributed by atoms with Gasteiger partial charge in [0.2, 0.25) is 10.0 Å². The fourth-order valence-corrected chi connectivity index (χ4v) is 1.89. The predicted octanol–water partition coefficient (Wildman–Crippen LogP) is 1.34. The van der Waals surface area contributed by atoms with Crippen molar-refractivity contribution < 1.29 is 13.2 Å². The van der Waals surface area contributed by atoms with Gasteiger partial charge in [0.15, 0.2) is 0 Å². The maximum Gasteiger partial charge on any atom is 0.240 e. The molecule has 17 heavy (non-hydrogen) atoms. The molecule has 0 aliphatic carbocycles. The van der Waals surface area contributed by atoms with E-state index in [0.29, 0.717) is 11.7 Å². The van der Waals surface area contributed by atoms with Gasteiger partial charge in [-0.2, -0.15) is 0 Å². The van der Waals surface area contributed by atoms with E-state index in [1.165, 1.54) is 6.07 Å². The molecule has 4 N–H and O–H groups in total. The number of nitrogen functional groups attached to an aromatic ring is 1. The van der Waals surface area contributed by atoms with Crippen molar-refractivity contribution in [2.24, 2.45) is 11.1 Å². The Kier molecular flexibility index (Phi) is 4.00. The Labute approximate surface area is 102 Å². The second kappa shape index (κ2) is 4.93. The molecule has 0 amide bonds. The summed E-state index contributed by atoms with van der Waals surface area (Å²) in [6, 6.07) is 4.54. The van der Waals surface area contributed by atoms with Gasteiger partial charge in [0.25, 0.3) is 0 Å². The van der Waals surface area contributed by atoms with Crippen molar-refractivity contribution in [2.45, 2.75) is 31.8 Å². The zero-order chi connectivity index (χ0) is 13.2. The highest BCUT2D eigenvalue weighted by Gasteiger charge is 2.17. The van der Waals surface area contributed by atoms with Gasteiger partial charge in [-0.15, -0.1) is 0 Å². The maximum atomic E-state index is 11.3. The van der Waals surface area contributed by atoms with Crippen molar-refractivity contribution in [3.63, 3.8) is 0 Å². The largest absolute Gasteiger partial charge is 0.488 e. The standard InChI is InChI=1S/C11H18N2O3S/c1-7(2)8(3)16-9-5-4-6-10(11(9)12)17(13,14)15/h4-8H,12H2,1-3H3,(H2,13,14,15). The first-order valence-electron chi connectivity index (χ1n) is 5.31. The van der Waals surface area contributed by atoms with E-state index in [1.54, 1.807) is 12.1 Å². The molecule has 5 nitrogen and oxygen atoms in total. The third kappa shape index (κ3) is 3.34. The third-order valence-corrected chi connectivity index (χ3v) is 3.55. The Bertz CT molecular complexity index is 497. The summed E-state index contributed by atoms with van der Waals surface area (Å²) in [5.74, 6) is 0.644. The summed E-state index contributed by atoms with van der Waals surface area (Å²) in [4.78, 5) is -0.106. The van der Waals surface area contributed by atoms with Gasteiger partial charge >= 0.3 is 0 Å². The summed E-state index contributed by atoms with van der Waals surface area (Å²) in [7, 11) is -3.82. The molecule has 0 heterocycles. The summed E-state index contributed by atoms with van der Waals surface area (Å²) in [5, 5.41) is 5.05. The number of para-hydroxylation sites is 1. The van der Waals surface area contributed by atoms with E-state index >= 15 is 0 Å². The molecule has 1 aromatic carbocycles. The highest BCUT2D eigenvalue weighted by atomic mass is 32.2. The van der Waals surface area contributed by atoms with Gasteiger partial charge in [-0.1, -0.05) is 19.9 Å². The van der Waals surface area contributed by atoms with Gasteiger partial charge in [0.05, 0.1) is 11.8 Å². The average Bonchev–Trinajstić information content (AvgIpc) is 2.19. The first-order chi connectivity index (χ1) is 7.73. The molecular formula is C11H18N2O3S. The molecule has 96 valence electrons. The smallest absolute Gasteiger partial charge is 0.240 e. The van der Waals surface area contributed by atoms with Gasteiger partial charge in [-0.05, 0) is 25.0 Å². The molecule has 1 rings (SSSR count). The number of ether oxygens (including phenoxy) is 1. The minimum Gasteiger partial charge on any atom is -0.488 e. The zero-order valence-electron chi connectivity index (χ0n) is 10.2. The molecule has 0 bridgehead atoms. The molecule has 1 atom stereocenters. The number of sulfonamides is 1. The number of primary sulfonamides is 1. The van der Waals surface area contributed by atoms with E-state index in [0.717, 1.165) is 0 Å². The Morgan fingerprint density at radius 1 is 1.24 bits per heavy atom. The molecule has 0 radical (unpaired) electrons. The predicted molar refractivity (Wildman–Crippen MR) is 67.2 cm³/mol. The van der Waals surface area contributed by atoms with Crippen molar-refractivity contribution in [1.82, 2.24) is 0 Å². The van der Waals surface area contributed by atoms with Crippen LogP contribution in [0.3, 0.4) is 0 Å². The molecule has 0 saturated carbocycles. The van der Waals surface area contributed by atoms with E-state index < -0.39 is 10.0 Å². The highest BCUT2D eigenvalue weighted by Crippen LogP contribution is 2.29. The Morgan fingerprint density at radius 2 is 1.82 bits per heavy atom. The van der Waals surface area contributed by atoms with Crippen molar-refractivity contribution >= 4 is 15.7 Å². The first-order valence-corrected chi connectivity index (χ1v) is 6.86. The number of hydrogen-bond acceptors (Lipinski definition) is 4. The quantitative estimate of drug-likeness (QED) is 0.796. The molecule has 1 aromatic rings. The van der Waals surface area contributed by atoms with E-state index in [-0.39, 0.29) is 16.7 Å². The molecular weight excluding hydrogens is 240 g/mol. The third-order valence-electron chi connectivity index (χ3n) is 2.58. The van der Waals surface area contributed by atoms with Crippen LogP contribution in [0.15, 0.2) is 23.1 Å². The summed E-state index contributed by atoms with van der Waals surface area (Å²) >= 11 is 0. The van der Waals surface area contributed by atoms with Gasteiger partial charge in [-0.25, -0.2) is 13.6 Å². The number of benzene rings is 1. The summed E-state index contributed by atoms with van der Waals surface area (Å²) in [6.45, 7) is 5.91. The molecule has 0 spiro atoms. The van der Waals surface area contributed by atoms with Crippen LogP contribution in [0.2, 0.25) is 0 Å². The van der Waals surface area contributed by atoms with Crippen LogP contribution < -0.4 is 15.6 Å². The van der Waals surface area contributed by atoms with Crippen molar-refractivity contribution in [3.05, 3.63) is 18.2 Å². The second-order valence-electron chi connectivity index (χ2n) is 4.28. The number of rotatable bonds is 4. The van der Waals surface area contributed by atoms with Gasteiger partial charge in [0, 0.05) is 0 Å².